The van der Waals surface area contributed by atoms with Gasteiger partial charge in [0, 0.05) is 44.0 Å². The van der Waals surface area contributed by atoms with Crippen molar-refractivity contribution in [2.45, 2.75) is 13.0 Å². The van der Waals surface area contributed by atoms with Crippen LogP contribution < -0.4 is 10.5 Å². The molecule has 1 atom stereocenters. The highest BCUT2D eigenvalue weighted by atomic mass is 19.2. The second-order valence-corrected chi connectivity index (χ2v) is 8.09. The highest BCUT2D eigenvalue weighted by molar-refractivity contribution is 5.89. The molecule has 0 radical (unpaired) electrons. The van der Waals surface area contributed by atoms with E-state index in [1.54, 1.807) is 29.7 Å². The molecule has 1 aromatic carbocycles. The summed E-state index contributed by atoms with van der Waals surface area (Å²) < 4.78 is 51.2. The third kappa shape index (κ3) is 3.69. The quantitative estimate of drug-likeness (QED) is 0.424. The molecule has 0 aliphatic carbocycles. The first-order valence-electron chi connectivity index (χ1n) is 10.5. The van der Waals surface area contributed by atoms with Crippen LogP contribution in [-0.2, 0) is 18.8 Å². The summed E-state index contributed by atoms with van der Waals surface area (Å²) in [5.74, 6) is -3.13. The van der Waals surface area contributed by atoms with Gasteiger partial charge in [-0.25, -0.2) is 28.1 Å². The van der Waals surface area contributed by atoms with Gasteiger partial charge < -0.3 is 9.64 Å². The molecule has 1 saturated heterocycles. The predicted octanol–water partition coefficient (Wildman–Crippen LogP) is 2.43. The second-order valence-electron chi connectivity index (χ2n) is 8.09. The first kappa shape index (κ1) is 22.0. The van der Waals surface area contributed by atoms with Gasteiger partial charge in [0.2, 0.25) is 5.95 Å². The number of ether oxygens (including phenoxy) is 1. The molecule has 1 unspecified atom stereocenters. The average Bonchev–Trinajstić information content (AvgIpc) is 3.26. The van der Waals surface area contributed by atoms with Crippen LogP contribution in [0.5, 0.6) is 0 Å². The molecular formula is C22H20F3N7O2. The summed E-state index contributed by atoms with van der Waals surface area (Å²) >= 11 is 0. The summed E-state index contributed by atoms with van der Waals surface area (Å²) in [5, 5.41) is 4.17. The molecule has 0 amide bonds. The molecule has 1 aliphatic heterocycles. The summed E-state index contributed by atoms with van der Waals surface area (Å²) in [7, 11) is 3.33. The molecule has 4 heterocycles. The largest absolute Gasteiger partial charge is 0.370 e. The zero-order chi connectivity index (χ0) is 24.1. The number of hydrogen-bond acceptors (Lipinski definition) is 7. The Balaban J connectivity index is 1.69. The topological polar surface area (TPSA) is 91.0 Å². The maximum Gasteiger partial charge on any atom is 0.279 e. The number of benzene rings is 1. The van der Waals surface area contributed by atoms with Crippen LogP contribution in [0.25, 0.3) is 22.3 Å². The summed E-state index contributed by atoms with van der Waals surface area (Å²) in [4.78, 5) is 28.1. The van der Waals surface area contributed by atoms with Crippen molar-refractivity contribution in [2.75, 3.05) is 24.6 Å². The predicted molar refractivity (Wildman–Crippen MR) is 117 cm³/mol. The van der Waals surface area contributed by atoms with Gasteiger partial charge in [0.15, 0.2) is 17.2 Å². The molecule has 0 spiro atoms. The van der Waals surface area contributed by atoms with Crippen LogP contribution in [0.15, 0.2) is 29.3 Å². The zero-order valence-corrected chi connectivity index (χ0v) is 18.6. The number of nitrogens with zero attached hydrogens (tertiary/aromatic N) is 7. The van der Waals surface area contributed by atoms with Crippen molar-refractivity contribution < 1.29 is 17.9 Å². The van der Waals surface area contributed by atoms with Crippen LogP contribution in [0.2, 0.25) is 0 Å². The third-order valence-electron chi connectivity index (χ3n) is 5.85. The smallest absolute Gasteiger partial charge is 0.279 e. The van der Waals surface area contributed by atoms with Crippen molar-refractivity contribution in [3.05, 3.63) is 63.7 Å². The summed E-state index contributed by atoms with van der Waals surface area (Å²) in [6.45, 7) is 2.69. The molecule has 4 aromatic rings. The maximum absolute atomic E-state index is 14.8. The normalized spacial score (nSPS) is 16.4. The number of morpholine rings is 1. The number of rotatable bonds is 3. The van der Waals surface area contributed by atoms with Crippen LogP contribution >= 0.6 is 0 Å². The minimum atomic E-state index is -1.33. The number of fused-ring (bicyclic) bond motifs is 1. The summed E-state index contributed by atoms with van der Waals surface area (Å²) in [6, 6.07) is 1.15. The number of aromatic nitrogens is 6. The van der Waals surface area contributed by atoms with E-state index >= 15 is 0 Å². The fourth-order valence-corrected chi connectivity index (χ4v) is 3.91. The van der Waals surface area contributed by atoms with E-state index in [9.17, 15) is 18.0 Å². The molecule has 1 aliphatic rings. The lowest BCUT2D eigenvalue weighted by molar-refractivity contribution is 0.0392. The van der Waals surface area contributed by atoms with Crippen LogP contribution in [0, 0.1) is 24.4 Å². The first-order valence-corrected chi connectivity index (χ1v) is 10.5. The van der Waals surface area contributed by atoms with Crippen molar-refractivity contribution in [1.82, 2.24) is 29.3 Å². The number of halogens is 3. The van der Waals surface area contributed by atoms with Gasteiger partial charge in [0.1, 0.15) is 29.0 Å². The maximum atomic E-state index is 14.8. The van der Waals surface area contributed by atoms with Gasteiger partial charge in [-0.05, 0) is 13.0 Å². The summed E-state index contributed by atoms with van der Waals surface area (Å²) in [6.07, 6.45) is 3.20. The van der Waals surface area contributed by atoms with Crippen LogP contribution in [-0.4, -0.2) is 49.0 Å². The van der Waals surface area contributed by atoms with E-state index in [1.807, 2.05) is 6.20 Å². The van der Waals surface area contributed by atoms with Crippen molar-refractivity contribution in [2.24, 2.45) is 14.1 Å². The van der Waals surface area contributed by atoms with E-state index in [1.165, 1.54) is 11.6 Å². The molecule has 12 heteroatoms. The molecule has 0 bridgehead atoms. The number of anilines is 1. The Kier molecular flexibility index (Phi) is 5.31. The second kappa shape index (κ2) is 8.20. The van der Waals surface area contributed by atoms with E-state index in [-0.39, 0.29) is 34.3 Å². The number of aryl methyl sites for hydroxylation is 2. The standard InChI is InChI=1S/C22H20F3N7O2/c1-11-27-19-18(13-6-15(24)16(25)7-14(13)23)28-22(29-20(19)21(33)31(11)3)32-4-5-34-17(10-32)12-8-26-30(2)9-12/h6-9,17H,4-5,10H2,1-3H3. The fourth-order valence-electron chi connectivity index (χ4n) is 3.91. The Morgan fingerprint density at radius 1 is 1.03 bits per heavy atom. The Hall–Kier alpha value is -3.80. The molecule has 176 valence electrons. The van der Waals surface area contributed by atoms with Crippen molar-refractivity contribution in [1.29, 1.82) is 0 Å². The van der Waals surface area contributed by atoms with E-state index in [4.69, 9.17) is 4.74 Å². The molecule has 9 nitrogen and oxygen atoms in total. The zero-order valence-electron chi connectivity index (χ0n) is 18.6. The SMILES string of the molecule is Cc1nc2c(-c3cc(F)c(F)cc3F)nc(N3CCOC(c4cnn(C)c4)C3)nc2c(=O)n1C. The van der Waals surface area contributed by atoms with E-state index in [0.717, 1.165) is 5.56 Å². The van der Waals surface area contributed by atoms with Gasteiger partial charge in [-0.1, -0.05) is 0 Å². The van der Waals surface area contributed by atoms with Gasteiger partial charge in [-0.2, -0.15) is 5.10 Å². The molecule has 0 N–H and O–H groups in total. The Morgan fingerprint density at radius 2 is 1.79 bits per heavy atom. The molecule has 5 rings (SSSR count). The van der Waals surface area contributed by atoms with Gasteiger partial charge >= 0.3 is 0 Å². The number of hydrogen-bond donors (Lipinski definition) is 0. The fraction of sp³-hybridized carbons (Fsp3) is 0.318. The molecular weight excluding hydrogens is 451 g/mol. The highest BCUT2D eigenvalue weighted by Gasteiger charge is 2.27. The van der Waals surface area contributed by atoms with E-state index in [2.05, 4.69) is 20.1 Å². The molecule has 0 saturated carbocycles. The Morgan fingerprint density at radius 3 is 2.53 bits per heavy atom. The molecule has 3 aromatic heterocycles. The lowest BCUT2D eigenvalue weighted by Crippen LogP contribution is -2.39. The van der Waals surface area contributed by atoms with Gasteiger partial charge in [-0.3, -0.25) is 14.0 Å². The van der Waals surface area contributed by atoms with E-state index in [0.29, 0.717) is 37.7 Å². The monoisotopic (exact) mass is 471 g/mol. The van der Waals surface area contributed by atoms with Gasteiger partial charge in [-0.15, -0.1) is 0 Å². The first-order chi connectivity index (χ1) is 16.2. The van der Waals surface area contributed by atoms with Crippen LogP contribution in [0.1, 0.15) is 17.5 Å². The van der Waals surface area contributed by atoms with Crippen molar-refractivity contribution >= 4 is 17.0 Å². The third-order valence-corrected chi connectivity index (χ3v) is 5.85. The summed E-state index contributed by atoms with van der Waals surface area (Å²) in [5.41, 5.74) is -0.0695. The minimum absolute atomic E-state index is 0.00586. The van der Waals surface area contributed by atoms with Crippen LogP contribution in [0.3, 0.4) is 0 Å². The lowest BCUT2D eigenvalue weighted by atomic mass is 10.1. The lowest BCUT2D eigenvalue weighted by Gasteiger charge is -2.32. The average molecular weight is 471 g/mol. The van der Waals surface area contributed by atoms with Crippen molar-refractivity contribution in [3.8, 4) is 11.3 Å². The Bertz CT molecular complexity index is 1480. The van der Waals surface area contributed by atoms with Gasteiger partial charge in [0.05, 0.1) is 19.3 Å². The van der Waals surface area contributed by atoms with Crippen molar-refractivity contribution in [3.63, 3.8) is 0 Å². The molecule has 1 fully saturated rings. The minimum Gasteiger partial charge on any atom is -0.370 e. The van der Waals surface area contributed by atoms with Gasteiger partial charge in [0.25, 0.3) is 5.56 Å². The Labute approximate surface area is 191 Å². The molecule has 34 heavy (non-hydrogen) atoms. The van der Waals surface area contributed by atoms with Crippen LogP contribution in [0.4, 0.5) is 19.1 Å². The highest BCUT2D eigenvalue weighted by Crippen LogP contribution is 2.31. The van der Waals surface area contributed by atoms with E-state index < -0.39 is 23.0 Å².